The quantitative estimate of drug-likeness (QED) is 0.192. The van der Waals surface area contributed by atoms with Crippen molar-refractivity contribution in [3.63, 3.8) is 0 Å². The molecule has 0 saturated carbocycles. The molecule has 38 heavy (non-hydrogen) atoms. The number of amides is 1. The Labute approximate surface area is 243 Å². The lowest BCUT2D eigenvalue weighted by Gasteiger charge is -2.15. The summed E-state index contributed by atoms with van der Waals surface area (Å²) in [5.74, 6) is -0.0251. The molecule has 0 aliphatic carbocycles. The number of amidine groups is 1. The number of carbonyl (C=O) groups is 2. The van der Waals surface area contributed by atoms with Crippen molar-refractivity contribution < 1.29 is 24.2 Å². The molecule has 3 aromatic rings. The summed E-state index contributed by atoms with van der Waals surface area (Å²) in [6.45, 7) is 4.93. The SMILES string of the molecule is CCOc1cc(/C=C2\SC(=Nc3cccc(C(=O)O)c3)N(CC)C2=O)cc(I)c1OCc1ccccc1Cl. The Hall–Kier alpha value is -3.02. The summed E-state index contributed by atoms with van der Waals surface area (Å²) in [6, 6.07) is 17.6. The molecule has 1 aliphatic heterocycles. The number of hydrogen-bond donors (Lipinski definition) is 1. The highest BCUT2D eigenvalue weighted by Crippen LogP contribution is 2.38. The summed E-state index contributed by atoms with van der Waals surface area (Å²) in [6.07, 6.45) is 1.80. The van der Waals surface area contributed by atoms with Gasteiger partial charge in [0.2, 0.25) is 0 Å². The third-order valence-corrected chi connectivity index (χ3v) is 7.66. The van der Waals surface area contributed by atoms with E-state index in [9.17, 15) is 14.7 Å². The first kappa shape index (κ1) is 28.0. The Morgan fingerprint density at radius 2 is 1.92 bits per heavy atom. The zero-order valence-electron chi connectivity index (χ0n) is 20.6. The highest BCUT2D eigenvalue weighted by Gasteiger charge is 2.32. The summed E-state index contributed by atoms with van der Waals surface area (Å²) in [7, 11) is 0. The largest absolute Gasteiger partial charge is 0.490 e. The van der Waals surface area contributed by atoms with E-state index in [2.05, 4.69) is 27.6 Å². The highest BCUT2D eigenvalue weighted by atomic mass is 127. The summed E-state index contributed by atoms with van der Waals surface area (Å²) < 4.78 is 12.8. The van der Waals surface area contributed by atoms with Crippen LogP contribution in [0.3, 0.4) is 0 Å². The predicted octanol–water partition coefficient (Wildman–Crippen LogP) is 7.24. The van der Waals surface area contributed by atoms with Crippen LogP contribution in [0.5, 0.6) is 11.5 Å². The molecule has 0 spiro atoms. The monoisotopic (exact) mass is 662 g/mol. The van der Waals surface area contributed by atoms with Gasteiger partial charge in [0.15, 0.2) is 16.7 Å². The van der Waals surface area contributed by atoms with Crippen LogP contribution in [0, 0.1) is 3.57 Å². The maximum Gasteiger partial charge on any atom is 0.335 e. The molecular weight excluding hydrogens is 639 g/mol. The van der Waals surface area contributed by atoms with Gasteiger partial charge in [-0.3, -0.25) is 9.69 Å². The third-order valence-electron chi connectivity index (χ3n) is 5.48. The number of rotatable bonds is 9. The number of carboxylic acid groups (broad SMARTS) is 1. The molecule has 0 radical (unpaired) electrons. The molecule has 0 bridgehead atoms. The molecule has 196 valence electrons. The summed E-state index contributed by atoms with van der Waals surface area (Å²) in [5, 5.41) is 10.4. The predicted molar refractivity (Wildman–Crippen MR) is 160 cm³/mol. The van der Waals surface area contributed by atoms with Crippen LogP contribution in [0.25, 0.3) is 6.08 Å². The molecule has 1 heterocycles. The van der Waals surface area contributed by atoms with Crippen LogP contribution < -0.4 is 9.47 Å². The average Bonchev–Trinajstić information content (AvgIpc) is 3.18. The number of carboxylic acids is 1. The Morgan fingerprint density at radius 3 is 2.63 bits per heavy atom. The normalized spacial score (nSPS) is 15.4. The number of thioether (sulfide) groups is 1. The number of carbonyl (C=O) groups excluding carboxylic acids is 1. The van der Waals surface area contributed by atoms with Gasteiger partial charge >= 0.3 is 5.97 Å². The number of aliphatic imine (C=N–C) groups is 1. The fourth-order valence-corrected chi connectivity index (χ4v) is 5.71. The van der Waals surface area contributed by atoms with E-state index in [-0.39, 0.29) is 11.5 Å². The number of halogens is 2. The summed E-state index contributed by atoms with van der Waals surface area (Å²) in [4.78, 5) is 31.1. The van der Waals surface area contributed by atoms with Crippen LogP contribution in [0.2, 0.25) is 5.02 Å². The maximum absolute atomic E-state index is 13.2. The number of aromatic carboxylic acids is 1. The van der Waals surface area contributed by atoms with Crippen molar-refractivity contribution in [3.8, 4) is 11.5 Å². The van der Waals surface area contributed by atoms with E-state index in [1.165, 1.54) is 23.9 Å². The molecule has 0 unspecified atom stereocenters. The second kappa shape index (κ2) is 12.7. The molecule has 1 saturated heterocycles. The lowest BCUT2D eigenvalue weighted by atomic mass is 10.1. The molecule has 4 rings (SSSR count). The first-order chi connectivity index (χ1) is 18.3. The van der Waals surface area contributed by atoms with Crippen LogP contribution in [-0.2, 0) is 11.4 Å². The first-order valence-electron chi connectivity index (χ1n) is 11.8. The zero-order chi connectivity index (χ0) is 27.2. The molecular formula is C28H24ClIN2O5S. The molecule has 1 amide bonds. The van der Waals surface area contributed by atoms with E-state index in [0.717, 1.165) is 14.7 Å². The fraction of sp³-hybridized carbons (Fsp3) is 0.179. The van der Waals surface area contributed by atoms with Crippen molar-refractivity contribution in [1.29, 1.82) is 0 Å². The third kappa shape index (κ3) is 6.51. The fourth-order valence-electron chi connectivity index (χ4n) is 3.68. The Balaban J connectivity index is 1.62. The average molecular weight is 663 g/mol. The van der Waals surface area contributed by atoms with Gasteiger partial charge in [-0.2, -0.15) is 0 Å². The van der Waals surface area contributed by atoms with Crippen LogP contribution in [0.4, 0.5) is 5.69 Å². The van der Waals surface area contributed by atoms with E-state index >= 15 is 0 Å². The smallest absolute Gasteiger partial charge is 0.335 e. The van der Waals surface area contributed by atoms with Crippen LogP contribution in [0.15, 0.2) is 70.6 Å². The maximum atomic E-state index is 13.2. The molecule has 10 heteroatoms. The molecule has 7 nitrogen and oxygen atoms in total. The van der Waals surface area contributed by atoms with Gasteiger partial charge in [-0.05, 0) is 96.2 Å². The molecule has 3 aromatic carbocycles. The van der Waals surface area contributed by atoms with Gasteiger partial charge in [0.05, 0.1) is 26.3 Å². The van der Waals surface area contributed by atoms with E-state index in [0.29, 0.717) is 52.0 Å². The molecule has 1 fully saturated rings. The Kier molecular flexibility index (Phi) is 9.35. The van der Waals surface area contributed by atoms with Gasteiger partial charge in [-0.15, -0.1) is 0 Å². The molecule has 1 aliphatic rings. The van der Waals surface area contributed by atoms with Gasteiger partial charge in [-0.1, -0.05) is 35.9 Å². The second-order valence-electron chi connectivity index (χ2n) is 8.05. The summed E-state index contributed by atoms with van der Waals surface area (Å²) in [5.41, 5.74) is 2.25. The summed E-state index contributed by atoms with van der Waals surface area (Å²) >= 11 is 9.72. The van der Waals surface area contributed by atoms with Gasteiger partial charge in [0.25, 0.3) is 5.91 Å². The minimum absolute atomic E-state index is 0.134. The number of nitrogens with zero attached hydrogens (tertiary/aromatic N) is 2. The zero-order valence-corrected chi connectivity index (χ0v) is 24.3. The van der Waals surface area contributed by atoms with Crippen molar-refractivity contribution in [3.05, 3.63) is 90.9 Å². The van der Waals surface area contributed by atoms with Crippen molar-refractivity contribution in [2.75, 3.05) is 13.2 Å². The van der Waals surface area contributed by atoms with Crippen molar-refractivity contribution in [2.24, 2.45) is 4.99 Å². The van der Waals surface area contributed by atoms with E-state index in [1.807, 2.05) is 50.2 Å². The number of benzene rings is 3. The van der Waals surface area contributed by atoms with Gasteiger partial charge in [-0.25, -0.2) is 9.79 Å². The number of hydrogen-bond acceptors (Lipinski definition) is 6. The van der Waals surface area contributed by atoms with Gasteiger partial charge < -0.3 is 14.6 Å². The second-order valence-corrected chi connectivity index (χ2v) is 10.6. The van der Waals surface area contributed by atoms with E-state index < -0.39 is 5.97 Å². The van der Waals surface area contributed by atoms with Gasteiger partial charge in [0.1, 0.15) is 6.61 Å². The lowest BCUT2D eigenvalue weighted by Crippen LogP contribution is -2.28. The lowest BCUT2D eigenvalue weighted by molar-refractivity contribution is -0.122. The molecule has 0 aromatic heterocycles. The van der Waals surface area contributed by atoms with Crippen LogP contribution in [0.1, 0.15) is 35.3 Å². The minimum Gasteiger partial charge on any atom is -0.490 e. The first-order valence-corrected chi connectivity index (χ1v) is 14.0. The van der Waals surface area contributed by atoms with Crippen LogP contribution >= 0.6 is 46.0 Å². The Morgan fingerprint density at radius 1 is 1.13 bits per heavy atom. The van der Waals surface area contributed by atoms with E-state index in [1.54, 1.807) is 23.1 Å². The molecule has 0 atom stereocenters. The number of likely N-dealkylation sites (N-methyl/N-ethyl adjacent to an activating group) is 1. The molecule has 1 N–H and O–H groups in total. The van der Waals surface area contributed by atoms with Crippen LogP contribution in [-0.4, -0.2) is 40.2 Å². The van der Waals surface area contributed by atoms with Crippen molar-refractivity contribution in [1.82, 2.24) is 4.90 Å². The minimum atomic E-state index is -1.03. The van der Waals surface area contributed by atoms with Crippen molar-refractivity contribution >= 4 is 74.8 Å². The van der Waals surface area contributed by atoms with Gasteiger partial charge in [0, 0.05) is 17.1 Å². The number of ether oxygens (including phenoxy) is 2. The topological polar surface area (TPSA) is 88.4 Å². The van der Waals surface area contributed by atoms with Crippen molar-refractivity contribution in [2.45, 2.75) is 20.5 Å². The standard InChI is InChI=1S/C28H24ClIN2O5S/c1-3-32-26(33)24(38-28(32)31-20-10-7-9-18(15-20)27(34)35)14-17-12-22(30)25(23(13-17)36-4-2)37-16-19-8-5-6-11-21(19)29/h5-15H,3-4,16H2,1-2H3,(H,34,35)/b24-14-,31-28?. The Bertz CT molecular complexity index is 1440. The highest BCUT2D eigenvalue weighted by molar-refractivity contribution is 14.1. The van der Waals surface area contributed by atoms with E-state index in [4.69, 9.17) is 21.1 Å².